The van der Waals surface area contributed by atoms with Crippen LogP contribution in [0.25, 0.3) is 0 Å². The van der Waals surface area contributed by atoms with E-state index in [1.54, 1.807) is 25.1 Å². The van der Waals surface area contributed by atoms with Gasteiger partial charge < -0.3 is 9.84 Å². The Morgan fingerprint density at radius 2 is 2.12 bits per heavy atom. The molecule has 0 atom stereocenters. The van der Waals surface area contributed by atoms with Crippen molar-refractivity contribution in [1.29, 1.82) is 0 Å². The second kappa shape index (κ2) is 6.16. The van der Waals surface area contributed by atoms with E-state index < -0.39 is 0 Å². The molecular formula is C13H18O3. The summed E-state index contributed by atoms with van der Waals surface area (Å²) in [7, 11) is 0. The number of ether oxygens (including phenoxy) is 1. The van der Waals surface area contributed by atoms with Crippen LogP contribution in [0.3, 0.4) is 0 Å². The number of phenols is 1. The third-order valence-electron chi connectivity index (χ3n) is 2.40. The molecule has 0 aliphatic heterocycles. The van der Waals surface area contributed by atoms with E-state index in [9.17, 15) is 9.90 Å². The molecule has 1 rings (SSSR count). The fourth-order valence-corrected chi connectivity index (χ4v) is 1.45. The Labute approximate surface area is 96.1 Å². The normalized spacial score (nSPS) is 10.1. The second-order valence-corrected chi connectivity index (χ2v) is 3.69. The predicted octanol–water partition coefficient (Wildman–Crippen LogP) is 3.05. The number of phenolic OH excluding ortho intramolecular Hbond substituents is 1. The Kier molecular flexibility index (Phi) is 4.83. The molecule has 0 radical (unpaired) electrons. The molecule has 0 heterocycles. The average molecular weight is 222 g/mol. The molecule has 88 valence electrons. The highest BCUT2D eigenvalue weighted by molar-refractivity contribution is 5.72. The molecule has 1 aromatic rings. The van der Waals surface area contributed by atoms with E-state index in [-0.39, 0.29) is 11.7 Å². The van der Waals surface area contributed by atoms with Gasteiger partial charge in [0.05, 0.1) is 0 Å². The van der Waals surface area contributed by atoms with E-state index in [1.165, 1.54) is 0 Å². The summed E-state index contributed by atoms with van der Waals surface area (Å²) in [6.07, 6.45) is 3.07. The standard InChI is InChI=1S/C13H18O3/c1-3-5-7-10-11(14)8-6-9-12(10)16-13(15)4-2/h6,8-9,14H,3-5,7H2,1-2H3. The second-order valence-electron chi connectivity index (χ2n) is 3.69. The minimum atomic E-state index is -0.275. The van der Waals surface area contributed by atoms with Crippen molar-refractivity contribution in [2.24, 2.45) is 0 Å². The van der Waals surface area contributed by atoms with Gasteiger partial charge in [-0.15, -0.1) is 0 Å². The summed E-state index contributed by atoms with van der Waals surface area (Å²) in [5.74, 6) is 0.415. The lowest BCUT2D eigenvalue weighted by atomic mass is 10.1. The highest BCUT2D eigenvalue weighted by Gasteiger charge is 2.11. The van der Waals surface area contributed by atoms with Gasteiger partial charge in [0, 0.05) is 12.0 Å². The Balaban J connectivity index is 2.88. The van der Waals surface area contributed by atoms with Crippen LogP contribution in [0.1, 0.15) is 38.7 Å². The van der Waals surface area contributed by atoms with Crippen molar-refractivity contribution < 1.29 is 14.6 Å². The molecule has 0 fully saturated rings. The van der Waals surface area contributed by atoms with Gasteiger partial charge in [0.25, 0.3) is 0 Å². The van der Waals surface area contributed by atoms with Gasteiger partial charge >= 0.3 is 5.97 Å². The van der Waals surface area contributed by atoms with Crippen molar-refractivity contribution in [3.05, 3.63) is 23.8 Å². The van der Waals surface area contributed by atoms with Gasteiger partial charge in [-0.1, -0.05) is 26.3 Å². The SMILES string of the molecule is CCCCc1c(O)cccc1OC(=O)CC. The van der Waals surface area contributed by atoms with E-state index in [0.29, 0.717) is 12.2 Å². The number of rotatable bonds is 5. The van der Waals surface area contributed by atoms with Crippen LogP contribution in [-0.4, -0.2) is 11.1 Å². The molecule has 16 heavy (non-hydrogen) atoms. The summed E-state index contributed by atoms with van der Waals surface area (Å²) >= 11 is 0. The van der Waals surface area contributed by atoms with E-state index in [4.69, 9.17) is 4.74 Å². The summed E-state index contributed by atoms with van der Waals surface area (Å²) in [5, 5.41) is 9.71. The summed E-state index contributed by atoms with van der Waals surface area (Å²) in [4.78, 5) is 11.2. The molecule has 0 spiro atoms. The van der Waals surface area contributed by atoms with Crippen molar-refractivity contribution in [1.82, 2.24) is 0 Å². The lowest BCUT2D eigenvalue weighted by Gasteiger charge is -2.10. The first-order valence-corrected chi connectivity index (χ1v) is 5.70. The quantitative estimate of drug-likeness (QED) is 0.615. The van der Waals surface area contributed by atoms with E-state index in [2.05, 4.69) is 6.92 Å². The molecule has 1 aromatic carbocycles. The van der Waals surface area contributed by atoms with Crippen LogP contribution in [0.4, 0.5) is 0 Å². The summed E-state index contributed by atoms with van der Waals surface area (Å²) in [6.45, 7) is 3.83. The van der Waals surface area contributed by atoms with Crippen molar-refractivity contribution in [2.75, 3.05) is 0 Å². The lowest BCUT2D eigenvalue weighted by molar-refractivity contribution is -0.134. The van der Waals surface area contributed by atoms with E-state index >= 15 is 0 Å². The zero-order chi connectivity index (χ0) is 12.0. The van der Waals surface area contributed by atoms with Crippen molar-refractivity contribution in [2.45, 2.75) is 39.5 Å². The maximum atomic E-state index is 11.2. The molecule has 1 N–H and O–H groups in total. The van der Waals surface area contributed by atoms with Gasteiger partial charge in [-0.2, -0.15) is 0 Å². The molecular weight excluding hydrogens is 204 g/mol. The largest absolute Gasteiger partial charge is 0.508 e. The minimum absolute atomic E-state index is 0.204. The molecule has 0 aliphatic rings. The number of benzene rings is 1. The number of hydrogen-bond acceptors (Lipinski definition) is 3. The molecule has 0 bridgehead atoms. The van der Waals surface area contributed by atoms with Crippen LogP contribution in [0, 0.1) is 0 Å². The van der Waals surface area contributed by atoms with E-state index in [1.807, 2.05) is 0 Å². The number of carbonyl (C=O) groups excluding carboxylic acids is 1. The first-order valence-electron chi connectivity index (χ1n) is 5.70. The lowest BCUT2D eigenvalue weighted by Crippen LogP contribution is -2.07. The van der Waals surface area contributed by atoms with Gasteiger partial charge in [0.15, 0.2) is 0 Å². The zero-order valence-electron chi connectivity index (χ0n) is 9.82. The number of carbonyl (C=O) groups is 1. The third-order valence-corrected chi connectivity index (χ3v) is 2.40. The number of unbranched alkanes of at least 4 members (excludes halogenated alkanes) is 1. The molecule has 0 saturated heterocycles. The first kappa shape index (κ1) is 12.6. The smallest absolute Gasteiger partial charge is 0.310 e. The van der Waals surface area contributed by atoms with Gasteiger partial charge in [0.1, 0.15) is 11.5 Å². The molecule has 0 amide bonds. The van der Waals surface area contributed by atoms with Crippen molar-refractivity contribution in [3.63, 3.8) is 0 Å². The fourth-order valence-electron chi connectivity index (χ4n) is 1.45. The van der Waals surface area contributed by atoms with Gasteiger partial charge in [-0.3, -0.25) is 4.79 Å². The van der Waals surface area contributed by atoms with Crippen LogP contribution >= 0.6 is 0 Å². The maximum absolute atomic E-state index is 11.2. The maximum Gasteiger partial charge on any atom is 0.310 e. The Morgan fingerprint density at radius 1 is 1.38 bits per heavy atom. The Bertz CT molecular complexity index is 358. The molecule has 3 nitrogen and oxygen atoms in total. The summed E-state index contributed by atoms with van der Waals surface area (Å²) < 4.78 is 5.17. The highest BCUT2D eigenvalue weighted by atomic mass is 16.5. The molecule has 0 unspecified atom stereocenters. The molecule has 0 aromatic heterocycles. The highest BCUT2D eigenvalue weighted by Crippen LogP contribution is 2.29. The van der Waals surface area contributed by atoms with Crippen molar-refractivity contribution >= 4 is 5.97 Å². The van der Waals surface area contributed by atoms with Gasteiger partial charge in [0.2, 0.25) is 0 Å². The van der Waals surface area contributed by atoms with Gasteiger partial charge in [-0.25, -0.2) is 0 Å². The summed E-state index contributed by atoms with van der Waals surface area (Å²) in [5.41, 5.74) is 0.728. The van der Waals surface area contributed by atoms with Gasteiger partial charge in [-0.05, 0) is 25.0 Å². The number of esters is 1. The number of hydrogen-bond donors (Lipinski definition) is 1. The monoisotopic (exact) mass is 222 g/mol. The third kappa shape index (κ3) is 3.26. The van der Waals surface area contributed by atoms with Crippen LogP contribution < -0.4 is 4.74 Å². The van der Waals surface area contributed by atoms with Crippen LogP contribution in [-0.2, 0) is 11.2 Å². The van der Waals surface area contributed by atoms with Crippen LogP contribution in [0.5, 0.6) is 11.5 Å². The molecule has 0 saturated carbocycles. The average Bonchev–Trinajstić information content (AvgIpc) is 2.28. The first-order chi connectivity index (χ1) is 7.69. The van der Waals surface area contributed by atoms with E-state index in [0.717, 1.165) is 24.8 Å². The topological polar surface area (TPSA) is 46.5 Å². The Hall–Kier alpha value is -1.51. The zero-order valence-corrected chi connectivity index (χ0v) is 9.82. The fraction of sp³-hybridized carbons (Fsp3) is 0.462. The predicted molar refractivity (Wildman–Crippen MR) is 62.6 cm³/mol. The van der Waals surface area contributed by atoms with Crippen molar-refractivity contribution in [3.8, 4) is 11.5 Å². The van der Waals surface area contributed by atoms with Crippen LogP contribution in [0.2, 0.25) is 0 Å². The number of aromatic hydroxyl groups is 1. The molecule has 0 aliphatic carbocycles. The Morgan fingerprint density at radius 3 is 2.75 bits per heavy atom. The molecule has 3 heteroatoms. The summed E-state index contributed by atoms with van der Waals surface area (Å²) in [6, 6.07) is 5.02. The minimum Gasteiger partial charge on any atom is -0.508 e. The van der Waals surface area contributed by atoms with Crippen LogP contribution in [0.15, 0.2) is 18.2 Å².